The summed E-state index contributed by atoms with van der Waals surface area (Å²) in [5.41, 5.74) is 1.86. The highest BCUT2D eigenvalue weighted by Gasteiger charge is 2.25. The molecule has 1 fully saturated rings. The molecule has 3 heterocycles. The molecular weight excluding hydrogens is 304 g/mol. The maximum atomic E-state index is 12.3. The average Bonchev–Trinajstić information content (AvgIpc) is 3.02. The Bertz CT molecular complexity index is 791. The Morgan fingerprint density at radius 2 is 2.25 bits per heavy atom. The van der Waals surface area contributed by atoms with E-state index in [9.17, 15) is 10.1 Å². The number of nitrogens with zero attached hydrogens (tertiary/aromatic N) is 5. The Morgan fingerprint density at radius 3 is 2.96 bits per heavy atom. The van der Waals surface area contributed by atoms with Crippen LogP contribution in [0.1, 0.15) is 34.6 Å². The van der Waals surface area contributed by atoms with Crippen molar-refractivity contribution in [2.45, 2.75) is 25.8 Å². The number of aromatic nitrogens is 3. The summed E-state index contributed by atoms with van der Waals surface area (Å²) in [7, 11) is 1.78. The van der Waals surface area contributed by atoms with Crippen molar-refractivity contribution in [2.75, 3.05) is 18.0 Å². The summed E-state index contributed by atoms with van der Waals surface area (Å²) in [6, 6.07) is 7.56. The number of nitrogens with one attached hydrogen (secondary N) is 1. The monoisotopic (exact) mass is 324 g/mol. The van der Waals surface area contributed by atoms with E-state index in [0.717, 1.165) is 25.1 Å². The minimum absolute atomic E-state index is 0.0158. The van der Waals surface area contributed by atoms with Crippen molar-refractivity contribution < 1.29 is 4.79 Å². The van der Waals surface area contributed by atoms with Gasteiger partial charge in [-0.25, -0.2) is 4.98 Å². The standard InChI is InChI=1S/C17H20N6O/c1-12-5-6-13(10-18)16(19-12)23-8-3-4-14(11-23)20-17(24)15-7-9-22(2)21-15/h5-7,9,14H,3-4,8,11H2,1-2H3,(H,20,24). The molecule has 3 rings (SSSR count). The van der Waals surface area contributed by atoms with E-state index in [2.05, 4.69) is 26.4 Å². The number of carbonyl (C=O) groups excluding carboxylic acids is 1. The number of amides is 1. The highest BCUT2D eigenvalue weighted by Crippen LogP contribution is 2.22. The van der Waals surface area contributed by atoms with Gasteiger partial charge in [0.1, 0.15) is 17.6 Å². The van der Waals surface area contributed by atoms with E-state index in [1.54, 1.807) is 30.1 Å². The fourth-order valence-corrected chi connectivity index (χ4v) is 2.95. The first kappa shape index (κ1) is 16.0. The van der Waals surface area contributed by atoms with Gasteiger partial charge in [0.2, 0.25) is 0 Å². The summed E-state index contributed by atoms with van der Waals surface area (Å²) in [6.45, 7) is 3.39. The number of pyridine rings is 1. The van der Waals surface area contributed by atoms with Gasteiger partial charge in [0, 0.05) is 38.1 Å². The van der Waals surface area contributed by atoms with Crippen molar-refractivity contribution in [3.05, 3.63) is 41.3 Å². The maximum absolute atomic E-state index is 12.3. The van der Waals surface area contributed by atoms with Crippen LogP contribution in [-0.2, 0) is 7.05 Å². The quantitative estimate of drug-likeness (QED) is 0.922. The van der Waals surface area contributed by atoms with Crippen LogP contribution in [0.4, 0.5) is 5.82 Å². The average molecular weight is 324 g/mol. The molecule has 1 amide bonds. The fraction of sp³-hybridized carbons (Fsp3) is 0.412. The minimum Gasteiger partial charge on any atom is -0.353 e. The number of hydrogen-bond acceptors (Lipinski definition) is 5. The summed E-state index contributed by atoms with van der Waals surface area (Å²) in [5.74, 6) is 0.537. The van der Waals surface area contributed by atoms with Gasteiger partial charge in [-0.15, -0.1) is 0 Å². The second-order valence-corrected chi connectivity index (χ2v) is 6.07. The van der Waals surface area contributed by atoms with E-state index in [4.69, 9.17) is 0 Å². The van der Waals surface area contributed by atoms with Crippen LogP contribution in [0.3, 0.4) is 0 Å². The van der Waals surface area contributed by atoms with Gasteiger partial charge in [-0.05, 0) is 38.0 Å². The van der Waals surface area contributed by atoms with E-state index in [-0.39, 0.29) is 11.9 Å². The van der Waals surface area contributed by atoms with E-state index in [0.29, 0.717) is 23.6 Å². The van der Waals surface area contributed by atoms with Gasteiger partial charge in [-0.2, -0.15) is 10.4 Å². The number of piperidine rings is 1. The van der Waals surface area contributed by atoms with E-state index >= 15 is 0 Å². The summed E-state index contributed by atoms with van der Waals surface area (Å²) < 4.78 is 1.61. The highest BCUT2D eigenvalue weighted by atomic mass is 16.2. The van der Waals surface area contributed by atoms with Crippen LogP contribution >= 0.6 is 0 Å². The lowest BCUT2D eigenvalue weighted by Crippen LogP contribution is -2.48. The summed E-state index contributed by atoms with van der Waals surface area (Å²) >= 11 is 0. The van der Waals surface area contributed by atoms with Gasteiger partial charge in [0.15, 0.2) is 0 Å². The molecule has 1 atom stereocenters. The predicted molar refractivity (Wildman–Crippen MR) is 89.6 cm³/mol. The third-order valence-electron chi connectivity index (χ3n) is 4.14. The Morgan fingerprint density at radius 1 is 1.42 bits per heavy atom. The number of nitriles is 1. The zero-order valence-electron chi connectivity index (χ0n) is 13.9. The predicted octanol–water partition coefficient (Wildman–Crippen LogP) is 1.39. The SMILES string of the molecule is Cc1ccc(C#N)c(N2CCCC(NC(=O)c3ccn(C)n3)C2)n1. The first-order valence-corrected chi connectivity index (χ1v) is 8.00. The Hall–Kier alpha value is -2.88. The van der Waals surface area contributed by atoms with Gasteiger partial charge < -0.3 is 10.2 Å². The molecule has 0 radical (unpaired) electrons. The van der Waals surface area contributed by atoms with Gasteiger partial charge >= 0.3 is 0 Å². The minimum atomic E-state index is -0.167. The first-order valence-electron chi connectivity index (χ1n) is 8.00. The Kier molecular flexibility index (Phi) is 4.47. The van der Waals surface area contributed by atoms with Crippen LogP contribution in [0, 0.1) is 18.3 Å². The van der Waals surface area contributed by atoms with Crippen LogP contribution in [0.2, 0.25) is 0 Å². The van der Waals surface area contributed by atoms with Crippen LogP contribution in [0.25, 0.3) is 0 Å². The maximum Gasteiger partial charge on any atom is 0.272 e. The van der Waals surface area contributed by atoms with Crippen molar-refractivity contribution in [3.8, 4) is 6.07 Å². The Labute approximate surface area is 140 Å². The molecule has 0 spiro atoms. The third-order valence-corrected chi connectivity index (χ3v) is 4.14. The smallest absolute Gasteiger partial charge is 0.272 e. The molecular formula is C17H20N6O. The van der Waals surface area contributed by atoms with Crippen molar-refractivity contribution >= 4 is 11.7 Å². The molecule has 0 aliphatic carbocycles. The second kappa shape index (κ2) is 6.71. The lowest BCUT2D eigenvalue weighted by molar-refractivity contribution is 0.0927. The number of aryl methyl sites for hydroxylation is 2. The largest absolute Gasteiger partial charge is 0.353 e. The lowest BCUT2D eigenvalue weighted by Gasteiger charge is -2.34. The Balaban J connectivity index is 1.72. The summed E-state index contributed by atoms with van der Waals surface area (Å²) in [5, 5.41) is 16.5. The molecule has 0 saturated carbocycles. The molecule has 1 aliphatic rings. The third kappa shape index (κ3) is 3.38. The van der Waals surface area contributed by atoms with Gasteiger partial charge in [-0.3, -0.25) is 9.48 Å². The van der Waals surface area contributed by atoms with E-state index in [1.165, 1.54) is 0 Å². The topological polar surface area (TPSA) is 86.8 Å². The van der Waals surface area contributed by atoms with Crippen molar-refractivity contribution in [2.24, 2.45) is 7.05 Å². The molecule has 7 heteroatoms. The second-order valence-electron chi connectivity index (χ2n) is 6.07. The molecule has 24 heavy (non-hydrogen) atoms. The van der Waals surface area contributed by atoms with E-state index < -0.39 is 0 Å². The molecule has 1 unspecified atom stereocenters. The molecule has 7 nitrogen and oxygen atoms in total. The molecule has 124 valence electrons. The lowest BCUT2D eigenvalue weighted by atomic mass is 10.0. The number of hydrogen-bond donors (Lipinski definition) is 1. The summed E-state index contributed by atoms with van der Waals surface area (Å²) in [6.07, 6.45) is 3.59. The van der Waals surface area contributed by atoms with Crippen molar-refractivity contribution in [1.82, 2.24) is 20.1 Å². The molecule has 1 N–H and O–H groups in total. The fourth-order valence-electron chi connectivity index (χ4n) is 2.95. The van der Waals surface area contributed by atoms with Gasteiger partial charge in [0.25, 0.3) is 5.91 Å². The van der Waals surface area contributed by atoms with Crippen LogP contribution in [-0.4, -0.2) is 39.8 Å². The molecule has 2 aromatic heterocycles. The van der Waals surface area contributed by atoms with Crippen LogP contribution in [0.15, 0.2) is 24.4 Å². The van der Waals surface area contributed by atoms with Crippen molar-refractivity contribution in [3.63, 3.8) is 0 Å². The zero-order chi connectivity index (χ0) is 17.1. The normalized spacial score (nSPS) is 17.4. The number of rotatable bonds is 3. The van der Waals surface area contributed by atoms with E-state index in [1.807, 2.05) is 13.0 Å². The highest BCUT2D eigenvalue weighted by molar-refractivity contribution is 5.92. The van der Waals surface area contributed by atoms with Gasteiger partial charge in [0.05, 0.1) is 5.56 Å². The molecule has 1 saturated heterocycles. The van der Waals surface area contributed by atoms with Crippen LogP contribution in [0.5, 0.6) is 0 Å². The molecule has 0 bridgehead atoms. The van der Waals surface area contributed by atoms with Crippen molar-refractivity contribution in [1.29, 1.82) is 5.26 Å². The summed E-state index contributed by atoms with van der Waals surface area (Å²) in [4.78, 5) is 18.9. The van der Waals surface area contributed by atoms with Crippen LogP contribution < -0.4 is 10.2 Å². The van der Waals surface area contributed by atoms with Gasteiger partial charge in [-0.1, -0.05) is 0 Å². The number of anilines is 1. The molecule has 1 aliphatic heterocycles. The number of carbonyl (C=O) groups is 1. The molecule has 2 aromatic rings. The molecule has 0 aromatic carbocycles. The zero-order valence-corrected chi connectivity index (χ0v) is 13.9. The first-order chi connectivity index (χ1) is 11.6.